The molecule has 42 heavy (non-hydrogen) atoms. The number of rotatable bonds is 5. The van der Waals surface area contributed by atoms with Gasteiger partial charge in [-0.15, -0.1) is 0 Å². The number of aromatic nitrogens is 2. The van der Waals surface area contributed by atoms with Gasteiger partial charge in [-0.1, -0.05) is 24.6 Å². The summed E-state index contributed by atoms with van der Waals surface area (Å²) < 4.78 is 13.5. The summed E-state index contributed by atoms with van der Waals surface area (Å²) in [4.78, 5) is 9.34. The van der Waals surface area contributed by atoms with E-state index >= 15 is 0 Å². The molecule has 0 unspecified atom stereocenters. The van der Waals surface area contributed by atoms with Gasteiger partial charge in [-0.05, 0) is 98.9 Å². The summed E-state index contributed by atoms with van der Waals surface area (Å²) in [5.74, 6) is 2.29. The lowest BCUT2D eigenvalue weighted by Gasteiger charge is -2.33. The van der Waals surface area contributed by atoms with E-state index in [9.17, 15) is 0 Å². The molecule has 2 aromatic carbocycles. The van der Waals surface area contributed by atoms with Gasteiger partial charge in [0.25, 0.3) is 0 Å². The van der Waals surface area contributed by atoms with Gasteiger partial charge in [0.2, 0.25) is 6.79 Å². The third-order valence-corrected chi connectivity index (χ3v) is 9.45. The van der Waals surface area contributed by atoms with E-state index < -0.39 is 0 Å². The van der Waals surface area contributed by atoms with Crippen LogP contribution in [0.15, 0.2) is 66.9 Å². The fraction of sp³-hybridized carbons (Fsp3) is 0.333. The highest BCUT2D eigenvalue weighted by Gasteiger charge is 2.42. The third-order valence-electron chi connectivity index (χ3n) is 8.84. The number of nitrogens with one attached hydrogen (secondary N) is 1. The van der Waals surface area contributed by atoms with Crippen LogP contribution in [0.2, 0.25) is 5.02 Å². The van der Waals surface area contributed by atoms with Crippen LogP contribution < -0.4 is 24.6 Å². The van der Waals surface area contributed by atoms with E-state index in [1.165, 1.54) is 18.4 Å². The van der Waals surface area contributed by atoms with Crippen molar-refractivity contribution in [3.8, 4) is 17.2 Å². The van der Waals surface area contributed by atoms with Gasteiger partial charge >= 0.3 is 0 Å². The number of benzene rings is 2. The Bertz CT molecular complexity index is 1650. The molecule has 3 aliphatic heterocycles. The van der Waals surface area contributed by atoms with Gasteiger partial charge in [-0.3, -0.25) is 4.98 Å². The van der Waals surface area contributed by atoms with Crippen molar-refractivity contribution in [1.29, 1.82) is 0 Å². The van der Waals surface area contributed by atoms with Gasteiger partial charge in [-0.2, -0.15) is 0 Å². The maximum atomic E-state index is 6.99. The smallest absolute Gasteiger partial charge is 0.231 e. The number of hydrogen-bond donors (Lipinski definition) is 1. The van der Waals surface area contributed by atoms with E-state index in [0.29, 0.717) is 5.11 Å². The standard InChI is InChI=1S/C33H34ClN5O2S/c1-20-11-14-37(15-12-20)28-9-7-23(17-26(28)34)39-32(31(36-33(39)42)27-6-4-5-13-35-27)25-16-21(2)38(22(25)3)24-8-10-29-30(18-24)41-19-40-29/h4-10,13,16-18,20,31-32H,11-12,14-15,19H2,1-3H3,(H,36,42)/t31-,32-/m1/s1. The second-order valence-corrected chi connectivity index (χ2v) is 12.3. The van der Waals surface area contributed by atoms with E-state index in [2.05, 4.69) is 76.9 Å². The molecule has 0 saturated carbocycles. The first-order valence-corrected chi connectivity index (χ1v) is 15.3. The van der Waals surface area contributed by atoms with Crippen molar-refractivity contribution in [3.05, 3.63) is 94.5 Å². The SMILES string of the molecule is Cc1cc([C@@H]2[C@@H](c3ccccn3)NC(=S)N2c2ccc(N3CCC(C)CC3)c(Cl)c2)c(C)n1-c1ccc2c(c1)OCO2. The molecule has 1 N–H and O–H groups in total. The van der Waals surface area contributed by atoms with Crippen molar-refractivity contribution in [2.75, 3.05) is 29.7 Å². The Kier molecular flexibility index (Phi) is 6.98. The lowest BCUT2D eigenvalue weighted by atomic mass is 9.96. The zero-order valence-electron chi connectivity index (χ0n) is 24.0. The molecule has 4 aromatic rings. The molecule has 0 spiro atoms. The Balaban J connectivity index is 1.31. The normalized spacial score (nSPS) is 20.3. The van der Waals surface area contributed by atoms with Gasteiger partial charge in [0.05, 0.1) is 28.5 Å². The van der Waals surface area contributed by atoms with Crippen molar-refractivity contribution >= 4 is 40.3 Å². The highest BCUT2D eigenvalue weighted by Crippen LogP contribution is 2.45. The molecule has 2 fully saturated rings. The number of thiocarbonyl (C=S) groups is 1. The Labute approximate surface area is 257 Å². The molecule has 5 heterocycles. The maximum absolute atomic E-state index is 6.99. The zero-order valence-corrected chi connectivity index (χ0v) is 25.6. The molecular weight excluding hydrogens is 566 g/mol. The molecule has 0 bridgehead atoms. The van der Waals surface area contributed by atoms with Crippen LogP contribution in [-0.2, 0) is 0 Å². The molecule has 7 rings (SSSR count). The van der Waals surface area contributed by atoms with E-state index in [1.807, 2.05) is 30.5 Å². The summed E-state index contributed by atoms with van der Waals surface area (Å²) in [6, 6.07) is 20.4. The van der Waals surface area contributed by atoms with Gasteiger partial charge in [0.15, 0.2) is 16.6 Å². The number of piperidine rings is 1. The molecule has 0 amide bonds. The number of pyridine rings is 1. The van der Waals surface area contributed by atoms with Gasteiger partial charge < -0.3 is 29.2 Å². The van der Waals surface area contributed by atoms with E-state index in [-0.39, 0.29) is 18.9 Å². The van der Waals surface area contributed by atoms with Crippen LogP contribution in [0.1, 0.15) is 54.5 Å². The van der Waals surface area contributed by atoms with E-state index in [1.54, 1.807) is 0 Å². The van der Waals surface area contributed by atoms with Crippen molar-refractivity contribution in [2.45, 2.75) is 45.7 Å². The van der Waals surface area contributed by atoms with Crippen LogP contribution in [0.5, 0.6) is 11.5 Å². The van der Waals surface area contributed by atoms with Crippen molar-refractivity contribution in [2.24, 2.45) is 5.92 Å². The largest absolute Gasteiger partial charge is 0.454 e. The topological polar surface area (TPSA) is 54.8 Å². The second kappa shape index (κ2) is 10.8. The van der Waals surface area contributed by atoms with Gasteiger partial charge in [-0.25, -0.2) is 0 Å². The number of hydrogen-bond acceptors (Lipinski definition) is 5. The van der Waals surface area contributed by atoms with Gasteiger partial charge in [0, 0.05) is 48.1 Å². The minimum atomic E-state index is -0.147. The molecule has 2 saturated heterocycles. The number of aryl methyl sites for hydroxylation is 1. The molecule has 2 atom stereocenters. The minimum Gasteiger partial charge on any atom is -0.454 e. The predicted octanol–water partition coefficient (Wildman–Crippen LogP) is 7.28. The van der Waals surface area contributed by atoms with Crippen LogP contribution in [0.3, 0.4) is 0 Å². The quantitative estimate of drug-likeness (QED) is 0.242. The van der Waals surface area contributed by atoms with E-state index in [4.69, 9.17) is 38.3 Å². The van der Waals surface area contributed by atoms with Crippen molar-refractivity contribution in [3.63, 3.8) is 0 Å². The maximum Gasteiger partial charge on any atom is 0.231 e. The molecule has 3 aliphatic rings. The number of halogens is 1. The van der Waals surface area contributed by atoms with Crippen LogP contribution >= 0.6 is 23.8 Å². The lowest BCUT2D eigenvalue weighted by Crippen LogP contribution is -2.33. The average molecular weight is 600 g/mol. The molecule has 2 aromatic heterocycles. The molecule has 216 valence electrons. The highest BCUT2D eigenvalue weighted by molar-refractivity contribution is 7.80. The molecule has 7 nitrogen and oxygen atoms in total. The Morgan fingerprint density at radius 3 is 2.50 bits per heavy atom. The lowest BCUT2D eigenvalue weighted by molar-refractivity contribution is 0.174. The zero-order chi connectivity index (χ0) is 29.0. The first-order valence-electron chi connectivity index (χ1n) is 14.5. The van der Waals surface area contributed by atoms with Crippen LogP contribution in [-0.4, -0.2) is 34.5 Å². The van der Waals surface area contributed by atoms with Crippen LogP contribution in [0.25, 0.3) is 5.69 Å². The van der Waals surface area contributed by atoms with Crippen molar-refractivity contribution < 1.29 is 9.47 Å². The second-order valence-electron chi connectivity index (χ2n) is 11.5. The molecule has 9 heteroatoms. The first-order chi connectivity index (χ1) is 20.4. The first kappa shape index (κ1) is 27.1. The summed E-state index contributed by atoms with van der Waals surface area (Å²) in [7, 11) is 0. The van der Waals surface area contributed by atoms with Crippen molar-refractivity contribution in [1.82, 2.24) is 14.9 Å². The number of anilines is 2. The number of nitrogens with zero attached hydrogens (tertiary/aromatic N) is 4. The number of fused-ring (bicyclic) bond motifs is 1. The molecule has 0 radical (unpaired) electrons. The van der Waals surface area contributed by atoms with Gasteiger partial charge in [0.1, 0.15) is 0 Å². The Morgan fingerprint density at radius 1 is 0.952 bits per heavy atom. The summed E-state index contributed by atoms with van der Waals surface area (Å²) in [5.41, 5.74) is 7.42. The average Bonchev–Trinajstić information content (AvgIpc) is 3.68. The Morgan fingerprint density at radius 2 is 1.74 bits per heavy atom. The van der Waals surface area contributed by atoms with E-state index in [0.717, 1.165) is 69.7 Å². The summed E-state index contributed by atoms with van der Waals surface area (Å²) >= 11 is 13.0. The monoisotopic (exact) mass is 599 g/mol. The molecular formula is C33H34ClN5O2S. The summed E-state index contributed by atoms with van der Waals surface area (Å²) in [6.45, 7) is 8.92. The highest BCUT2D eigenvalue weighted by atomic mass is 35.5. The number of ether oxygens (including phenoxy) is 2. The van der Waals surface area contributed by atoms with Crippen LogP contribution in [0, 0.1) is 19.8 Å². The third kappa shape index (κ3) is 4.67. The van der Waals surface area contributed by atoms with Crippen LogP contribution in [0.4, 0.5) is 11.4 Å². The minimum absolute atomic E-state index is 0.140. The summed E-state index contributed by atoms with van der Waals surface area (Å²) in [6.07, 6.45) is 4.21. The Hall–Kier alpha value is -3.75. The predicted molar refractivity (Wildman–Crippen MR) is 171 cm³/mol. The summed E-state index contributed by atoms with van der Waals surface area (Å²) in [5, 5.41) is 4.99. The fourth-order valence-corrected chi connectivity index (χ4v) is 7.25. The molecule has 0 aliphatic carbocycles. The fourth-order valence-electron chi connectivity index (χ4n) is 6.61.